The lowest BCUT2D eigenvalue weighted by atomic mass is 10.3. The molecule has 0 aromatic carbocycles. The van der Waals surface area contributed by atoms with Crippen LogP contribution in [0.25, 0.3) is 0 Å². The van der Waals surface area contributed by atoms with Crippen LogP contribution in [0.5, 0.6) is 0 Å². The van der Waals surface area contributed by atoms with E-state index in [1.54, 1.807) is 0 Å². The molecule has 0 nitrogen and oxygen atoms in total. The predicted molar refractivity (Wildman–Crippen MR) is 36.4 cm³/mol. The lowest BCUT2D eigenvalue weighted by Gasteiger charge is -2.02. The second-order valence-electron chi connectivity index (χ2n) is 1.45. The van der Waals surface area contributed by atoms with Gasteiger partial charge in [0.05, 0.1) is 0 Å². The number of hydrogen-bond acceptors (Lipinski definition) is 2. The fourth-order valence-corrected chi connectivity index (χ4v) is 0. The van der Waals surface area contributed by atoms with Gasteiger partial charge < -0.3 is 0 Å². The zero-order chi connectivity index (χ0) is 5.15. The van der Waals surface area contributed by atoms with Gasteiger partial charge in [-0.25, -0.2) is 0 Å². The second kappa shape index (κ2) is 2.80. The number of hydrogen-bond donors (Lipinski definition) is 2. The smallest absolute Gasteiger partial charge is 0.0498 e. The molecule has 0 bridgehead atoms. The third-order valence-electron chi connectivity index (χ3n) is 0.516. The standard InChI is InChI=1S/C4H9S2/c1-3(2)4(5)6/h4-6H,1-2H3. The SMILES string of the molecule is C[C](C)C(S)S. The summed E-state index contributed by atoms with van der Waals surface area (Å²) in [5.74, 6) is 1.24. The first-order valence-corrected chi connectivity index (χ1v) is 2.84. The average molecular weight is 121 g/mol. The highest BCUT2D eigenvalue weighted by Crippen LogP contribution is 2.12. The first-order valence-electron chi connectivity index (χ1n) is 1.81. The lowest BCUT2D eigenvalue weighted by molar-refractivity contribution is 1.09. The van der Waals surface area contributed by atoms with Crippen molar-refractivity contribution in [1.29, 1.82) is 0 Å². The van der Waals surface area contributed by atoms with Crippen LogP contribution in [0.4, 0.5) is 0 Å². The zero-order valence-electron chi connectivity index (χ0n) is 3.97. The molecule has 0 atom stereocenters. The summed E-state index contributed by atoms with van der Waals surface area (Å²) in [7, 11) is 0. The van der Waals surface area contributed by atoms with Gasteiger partial charge in [-0.1, -0.05) is 13.8 Å². The molecular weight excluding hydrogens is 112 g/mol. The van der Waals surface area contributed by atoms with E-state index in [0.29, 0.717) is 0 Å². The molecule has 0 saturated carbocycles. The Hall–Kier alpha value is 0.700. The Bertz CT molecular complexity index is 26.5. The van der Waals surface area contributed by atoms with Crippen LogP contribution in [0.1, 0.15) is 13.8 Å². The Morgan fingerprint density at radius 3 is 1.50 bits per heavy atom. The summed E-state index contributed by atoms with van der Waals surface area (Å²) in [6.45, 7) is 4.01. The van der Waals surface area contributed by atoms with Crippen LogP contribution in [0.2, 0.25) is 0 Å². The van der Waals surface area contributed by atoms with Crippen molar-refractivity contribution in [1.82, 2.24) is 0 Å². The maximum absolute atomic E-state index is 4.02. The van der Waals surface area contributed by atoms with Gasteiger partial charge in [0.25, 0.3) is 0 Å². The van der Waals surface area contributed by atoms with Crippen LogP contribution in [0.3, 0.4) is 0 Å². The maximum atomic E-state index is 4.02. The Kier molecular flexibility index (Phi) is 3.13. The first kappa shape index (κ1) is 6.70. The molecule has 0 heterocycles. The Morgan fingerprint density at radius 2 is 1.50 bits per heavy atom. The molecule has 1 radical (unpaired) electrons. The molecule has 0 aliphatic carbocycles. The molecule has 0 aliphatic rings. The largest absolute Gasteiger partial charge is 0.165 e. The van der Waals surface area contributed by atoms with E-state index >= 15 is 0 Å². The maximum Gasteiger partial charge on any atom is 0.0498 e. The van der Waals surface area contributed by atoms with Crippen LogP contribution in [0, 0.1) is 5.92 Å². The monoisotopic (exact) mass is 121 g/mol. The van der Waals surface area contributed by atoms with Crippen molar-refractivity contribution >= 4 is 25.3 Å². The van der Waals surface area contributed by atoms with Gasteiger partial charge in [0, 0.05) is 4.58 Å². The van der Waals surface area contributed by atoms with E-state index in [4.69, 9.17) is 0 Å². The normalized spacial score (nSPS) is 11.0. The third-order valence-corrected chi connectivity index (χ3v) is 1.55. The fourth-order valence-electron chi connectivity index (χ4n) is 0. The summed E-state index contributed by atoms with van der Waals surface area (Å²) in [6, 6.07) is 0. The number of thiol groups is 2. The van der Waals surface area contributed by atoms with E-state index in [2.05, 4.69) is 25.3 Å². The van der Waals surface area contributed by atoms with Crippen molar-refractivity contribution in [2.75, 3.05) is 0 Å². The average Bonchev–Trinajstić information content (AvgIpc) is 1.36. The van der Waals surface area contributed by atoms with Gasteiger partial charge in [-0.15, -0.1) is 0 Å². The summed E-state index contributed by atoms with van der Waals surface area (Å²) in [5, 5.41) is 0. The van der Waals surface area contributed by atoms with Gasteiger partial charge in [0.1, 0.15) is 0 Å². The minimum absolute atomic E-state index is 0.157. The minimum atomic E-state index is 0.157. The summed E-state index contributed by atoms with van der Waals surface area (Å²) in [4.78, 5) is 0. The highest BCUT2D eigenvalue weighted by molar-refractivity contribution is 7.99. The molecule has 0 N–H and O–H groups in total. The van der Waals surface area contributed by atoms with Gasteiger partial charge in [0.2, 0.25) is 0 Å². The molecule has 37 valence electrons. The van der Waals surface area contributed by atoms with Gasteiger partial charge in [-0.3, -0.25) is 0 Å². The molecule has 0 aromatic rings. The van der Waals surface area contributed by atoms with Crippen LogP contribution in [-0.2, 0) is 0 Å². The molecule has 6 heavy (non-hydrogen) atoms. The Morgan fingerprint density at radius 1 is 1.33 bits per heavy atom. The molecule has 2 heteroatoms. The van der Waals surface area contributed by atoms with E-state index in [1.165, 1.54) is 5.92 Å². The van der Waals surface area contributed by atoms with E-state index in [9.17, 15) is 0 Å². The summed E-state index contributed by atoms with van der Waals surface area (Å²) in [5.41, 5.74) is 0. The summed E-state index contributed by atoms with van der Waals surface area (Å²) in [6.07, 6.45) is 0. The Balaban J connectivity index is 2.99. The van der Waals surface area contributed by atoms with E-state index in [1.807, 2.05) is 13.8 Å². The quantitative estimate of drug-likeness (QED) is 0.383. The van der Waals surface area contributed by atoms with E-state index in [0.717, 1.165) is 0 Å². The number of rotatable bonds is 1. The molecule has 0 fully saturated rings. The Labute approximate surface area is 50.1 Å². The van der Waals surface area contributed by atoms with Gasteiger partial charge in [-0.05, 0) is 5.92 Å². The molecule has 0 saturated heterocycles. The third kappa shape index (κ3) is 2.91. The topological polar surface area (TPSA) is 0 Å². The van der Waals surface area contributed by atoms with Gasteiger partial charge in [0.15, 0.2) is 0 Å². The lowest BCUT2D eigenvalue weighted by Crippen LogP contribution is -1.93. The van der Waals surface area contributed by atoms with Gasteiger partial charge in [-0.2, -0.15) is 25.3 Å². The van der Waals surface area contributed by atoms with Crippen molar-refractivity contribution in [2.45, 2.75) is 18.4 Å². The van der Waals surface area contributed by atoms with Crippen LogP contribution < -0.4 is 0 Å². The predicted octanol–water partition coefficient (Wildman–Crippen LogP) is 1.79. The molecule has 0 spiro atoms. The summed E-state index contributed by atoms with van der Waals surface area (Å²) < 4.78 is 0.157. The van der Waals surface area contributed by atoms with E-state index in [-0.39, 0.29) is 4.58 Å². The highest BCUT2D eigenvalue weighted by Gasteiger charge is 1.98. The second-order valence-corrected chi connectivity index (χ2v) is 2.89. The molecule has 0 unspecified atom stereocenters. The molecular formula is C4H9S2. The summed E-state index contributed by atoms with van der Waals surface area (Å²) >= 11 is 8.04. The van der Waals surface area contributed by atoms with Crippen LogP contribution in [0.15, 0.2) is 0 Å². The zero-order valence-corrected chi connectivity index (χ0v) is 5.76. The highest BCUT2D eigenvalue weighted by atomic mass is 32.2. The molecule has 0 aromatic heterocycles. The van der Waals surface area contributed by atoms with E-state index < -0.39 is 0 Å². The van der Waals surface area contributed by atoms with Crippen molar-refractivity contribution in [3.63, 3.8) is 0 Å². The first-order chi connectivity index (χ1) is 2.64. The molecule has 0 amide bonds. The van der Waals surface area contributed by atoms with Gasteiger partial charge >= 0.3 is 0 Å². The van der Waals surface area contributed by atoms with Crippen molar-refractivity contribution in [3.05, 3.63) is 5.92 Å². The van der Waals surface area contributed by atoms with Crippen LogP contribution in [-0.4, -0.2) is 4.58 Å². The van der Waals surface area contributed by atoms with Crippen molar-refractivity contribution < 1.29 is 0 Å². The van der Waals surface area contributed by atoms with Crippen molar-refractivity contribution in [3.8, 4) is 0 Å². The molecule has 0 aliphatic heterocycles. The fraction of sp³-hybridized carbons (Fsp3) is 0.750. The van der Waals surface area contributed by atoms with Crippen LogP contribution >= 0.6 is 25.3 Å². The molecule has 0 rings (SSSR count). The minimum Gasteiger partial charge on any atom is -0.165 e. The van der Waals surface area contributed by atoms with Crippen molar-refractivity contribution in [2.24, 2.45) is 0 Å².